The highest BCUT2D eigenvalue weighted by molar-refractivity contribution is 6.37. The first-order chi connectivity index (χ1) is 11.1. The highest BCUT2D eigenvalue weighted by Gasteiger charge is 2.19. The SMILES string of the molecule is CCNCCNC(=O)c1nc(CC)n(-c2c(Cl)cccc2Cl)n1. The molecule has 23 heavy (non-hydrogen) atoms. The van der Waals surface area contributed by atoms with Crippen molar-refractivity contribution in [1.82, 2.24) is 25.4 Å². The first kappa shape index (κ1) is 17.7. The number of aromatic nitrogens is 3. The minimum absolute atomic E-state index is 0.106. The van der Waals surface area contributed by atoms with Crippen LogP contribution in [0.4, 0.5) is 0 Å². The van der Waals surface area contributed by atoms with Crippen molar-refractivity contribution in [1.29, 1.82) is 0 Å². The third-order valence-corrected chi connectivity index (χ3v) is 3.79. The summed E-state index contributed by atoms with van der Waals surface area (Å²) in [5.41, 5.74) is 0.534. The third-order valence-electron chi connectivity index (χ3n) is 3.18. The van der Waals surface area contributed by atoms with E-state index in [1.807, 2.05) is 13.8 Å². The molecule has 6 nitrogen and oxygen atoms in total. The second kappa shape index (κ2) is 8.29. The molecule has 1 aromatic heterocycles. The Morgan fingerprint density at radius 3 is 2.52 bits per heavy atom. The molecule has 0 aliphatic heterocycles. The zero-order valence-corrected chi connectivity index (χ0v) is 14.6. The van der Waals surface area contributed by atoms with E-state index in [0.29, 0.717) is 41.1 Å². The lowest BCUT2D eigenvalue weighted by Crippen LogP contribution is -2.32. The molecule has 8 heteroatoms. The lowest BCUT2D eigenvalue weighted by molar-refractivity contribution is 0.0943. The molecule has 0 saturated carbocycles. The van der Waals surface area contributed by atoms with Crippen molar-refractivity contribution in [2.24, 2.45) is 0 Å². The van der Waals surface area contributed by atoms with E-state index in [-0.39, 0.29) is 11.7 Å². The molecule has 2 aromatic rings. The molecule has 1 amide bonds. The van der Waals surface area contributed by atoms with Gasteiger partial charge in [-0.1, -0.05) is 43.1 Å². The number of nitrogens with one attached hydrogen (secondary N) is 2. The molecule has 0 atom stereocenters. The molecule has 0 saturated heterocycles. The highest BCUT2D eigenvalue weighted by atomic mass is 35.5. The Balaban J connectivity index is 2.26. The van der Waals surface area contributed by atoms with Gasteiger partial charge in [-0.2, -0.15) is 0 Å². The maximum absolute atomic E-state index is 12.1. The summed E-state index contributed by atoms with van der Waals surface area (Å²) in [5, 5.41) is 11.1. The lowest BCUT2D eigenvalue weighted by atomic mass is 10.3. The van der Waals surface area contributed by atoms with E-state index in [9.17, 15) is 4.79 Å². The van der Waals surface area contributed by atoms with Crippen molar-refractivity contribution in [3.05, 3.63) is 39.9 Å². The van der Waals surface area contributed by atoms with Gasteiger partial charge in [0.1, 0.15) is 11.5 Å². The number of para-hydroxylation sites is 1. The van der Waals surface area contributed by atoms with Gasteiger partial charge in [0, 0.05) is 19.5 Å². The van der Waals surface area contributed by atoms with Crippen molar-refractivity contribution >= 4 is 29.1 Å². The molecule has 0 fully saturated rings. The van der Waals surface area contributed by atoms with Gasteiger partial charge in [0.25, 0.3) is 5.91 Å². The van der Waals surface area contributed by atoms with Gasteiger partial charge >= 0.3 is 0 Å². The normalized spacial score (nSPS) is 10.8. The molecular formula is C15H19Cl2N5O. The van der Waals surface area contributed by atoms with E-state index in [1.54, 1.807) is 18.2 Å². The number of nitrogens with zero attached hydrogens (tertiary/aromatic N) is 3. The van der Waals surface area contributed by atoms with Gasteiger partial charge in [-0.25, -0.2) is 9.67 Å². The molecule has 0 aliphatic rings. The smallest absolute Gasteiger partial charge is 0.291 e. The second-order valence-electron chi connectivity index (χ2n) is 4.80. The number of halogens is 2. The Bertz CT molecular complexity index is 666. The number of carbonyl (C=O) groups is 1. The highest BCUT2D eigenvalue weighted by Crippen LogP contribution is 2.28. The van der Waals surface area contributed by atoms with Crippen LogP contribution in [-0.2, 0) is 6.42 Å². The molecule has 2 N–H and O–H groups in total. The first-order valence-electron chi connectivity index (χ1n) is 7.47. The van der Waals surface area contributed by atoms with Crippen molar-refractivity contribution in [3.63, 3.8) is 0 Å². The number of carbonyl (C=O) groups excluding carboxylic acids is 1. The van der Waals surface area contributed by atoms with E-state index < -0.39 is 0 Å². The summed E-state index contributed by atoms with van der Waals surface area (Å²) in [6, 6.07) is 5.20. The zero-order chi connectivity index (χ0) is 16.8. The average molecular weight is 356 g/mol. The van der Waals surface area contributed by atoms with Crippen LogP contribution in [0.1, 0.15) is 30.3 Å². The first-order valence-corrected chi connectivity index (χ1v) is 8.23. The van der Waals surface area contributed by atoms with Gasteiger partial charge in [-0.15, -0.1) is 5.10 Å². The lowest BCUT2D eigenvalue weighted by Gasteiger charge is -2.08. The molecule has 0 aliphatic carbocycles. The van der Waals surface area contributed by atoms with Gasteiger partial charge in [0.2, 0.25) is 5.82 Å². The quantitative estimate of drug-likeness (QED) is 0.748. The van der Waals surface area contributed by atoms with Crippen molar-refractivity contribution < 1.29 is 4.79 Å². The molecule has 0 unspecified atom stereocenters. The summed E-state index contributed by atoms with van der Waals surface area (Å²) >= 11 is 12.4. The van der Waals surface area contributed by atoms with Crippen LogP contribution in [0.15, 0.2) is 18.2 Å². The van der Waals surface area contributed by atoms with Crippen molar-refractivity contribution in [3.8, 4) is 5.69 Å². The van der Waals surface area contributed by atoms with E-state index in [1.165, 1.54) is 4.68 Å². The number of benzene rings is 1. The Morgan fingerprint density at radius 1 is 1.22 bits per heavy atom. The Kier molecular flexibility index (Phi) is 6.38. The van der Waals surface area contributed by atoms with Crippen LogP contribution < -0.4 is 10.6 Å². The summed E-state index contributed by atoms with van der Waals surface area (Å²) in [6.07, 6.45) is 0.596. The molecule has 1 aromatic carbocycles. The fourth-order valence-corrected chi connectivity index (χ4v) is 2.62. The molecular weight excluding hydrogens is 337 g/mol. The topological polar surface area (TPSA) is 71.8 Å². The summed E-state index contributed by atoms with van der Waals surface area (Å²) in [7, 11) is 0. The molecule has 0 bridgehead atoms. The van der Waals surface area contributed by atoms with Crippen LogP contribution in [0, 0.1) is 0 Å². The third kappa shape index (κ3) is 4.22. The van der Waals surface area contributed by atoms with E-state index in [4.69, 9.17) is 23.2 Å². The number of likely N-dealkylation sites (N-methyl/N-ethyl adjacent to an activating group) is 1. The molecule has 1 heterocycles. The fraction of sp³-hybridized carbons (Fsp3) is 0.400. The number of amides is 1. The minimum Gasteiger partial charge on any atom is -0.348 e. The predicted molar refractivity (Wildman–Crippen MR) is 91.6 cm³/mol. The van der Waals surface area contributed by atoms with Gasteiger partial charge < -0.3 is 10.6 Å². The Hall–Kier alpha value is -1.63. The van der Waals surface area contributed by atoms with Crippen LogP contribution in [0.2, 0.25) is 10.0 Å². The van der Waals surface area contributed by atoms with Gasteiger partial charge in [0.15, 0.2) is 0 Å². The zero-order valence-electron chi connectivity index (χ0n) is 13.1. The fourth-order valence-electron chi connectivity index (χ4n) is 2.06. The number of rotatable bonds is 7. The Labute approximate surface area is 145 Å². The van der Waals surface area contributed by atoms with Crippen LogP contribution in [0.3, 0.4) is 0 Å². The van der Waals surface area contributed by atoms with Crippen LogP contribution in [0.25, 0.3) is 5.69 Å². The number of hydrogen-bond donors (Lipinski definition) is 2. The monoisotopic (exact) mass is 355 g/mol. The molecule has 0 spiro atoms. The van der Waals surface area contributed by atoms with E-state index in [2.05, 4.69) is 20.7 Å². The van der Waals surface area contributed by atoms with Crippen LogP contribution in [0.5, 0.6) is 0 Å². The minimum atomic E-state index is -0.320. The molecule has 0 radical (unpaired) electrons. The summed E-state index contributed by atoms with van der Waals surface area (Å²) in [4.78, 5) is 16.4. The summed E-state index contributed by atoms with van der Waals surface area (Å²) in [6.45, 7) is 5.99. The van der Waals surface area contributed by atoms with Crippen LogP contribution in [-0.4, -0.2) is 40.3 Å². The van der Waals surface area contributed by atoms with E-state index >= 15 is 0 Å². The Morgan fingerprint density at radius 2 is 1.91 bits per heavy atom. The van der Waals surface area contributed by atoms with Gasteiger partial charge in [-0.3, -0.25) is 4.79 Å². The number of aryl methyl sites for hydroxylation is 1. The molecule has 124 valence electrons. The number of hydrogen-bond acceptors (Lipinski definition) is 4. The molecule has 2 rings (SSSR count). The predicted octanol–water partition coefficient (Wildman–Crippen LogP) is 2.48. The summed E-state index contributed by atoms with van der Waals surface area (Å²) < 4.78 is 1.53. The van der Waals surface area contributed by atoms with E-state index in [0.717, 1.165) is 6.54 Å². The largest absolute Gasteiger partial charge is 0.348 e. The van der Waals surface area contributed by atoms with Gasteiger partial charge in [-0.05, 0) is 18.7 Å². The summed E-state index contributed by atoms with van der Waals surface area (Å²) in [5.74, 6) is 0.408. The van der Waals surface area contributed by atoms with Crippen molar-refractivity contribution in [2.75, 3.05) is 19.6 Å². The second-order valence-corrected chi connectivity index (χ2v) is 5.61. The van der Waals surface area contributed by atoms with Gasteiger partial charge in [0.05, 0.1) is 10.0 Å². The van der Waals surface area contributed by atoms with Crippen molar-refractivity contribution in [2.45, 2.75) is 20.3 Å². The average Bonchev–Trinajstić information content (AvgIpc) is 2.95. The van der Waals surface area contributed by atoms with Crippen LogP contribution >= 0.6 is 23.2 Å². The maximum Gasteiger partial charge on any atom is 0.291 e. The maximum atomic E-state index is 12.1. The standard InChI is InChI=1S/C15H19Cl2N5O/c1-3-12-20-14(15(23)19-9-8-18-4-2)21-22(12)13-10(16)6-5-7-11(13)17/h5-7,18H,3-4,8-9H2,1-2H3,(H,19,23).